The van der Waals surface area contributed by atoms with E-state index in [4.69, 9.17) is 5.73 Å². The summed E-state index contributed by atoms with van der Waals surface area (Å²) in [4.78, 5) is 8.29. The SMILES string of the molecule is Nc1cn(-c2ccnc3ccsc23)cn1. The fraction of sp³-hybridized carbons (Fsp3) is 0. The van der Waals surface area contributed by atoms with Gasteiger partial charge in [0.2, 0.25) is 0 Å². The van der Waals surface area contributed by atoms with Crippen LogP contribution in [0.5, 0.6) is 0 Å². The molecule has 0 aromatic carbocycles. The quantitative estimate of drug-likeness (QED) is 0.677. The molecule has 0 aliphatic rings. The van der Waals surface area contributed by atoms with Gasteiger partial charge in [-0.05, 0) is 17.5 Å². The average molecular weight is 216 g/mol. The van der Waals surface area contributed by atoms with E-state index in [1.165, 1.54) is 0 Å². The summed E-state index contributed by atoms with van der Waals surface area (Å²) >= 11 is 1.67. The van der Waals surface area contributed by atoms with Gasteiger partial charge in [0.15, 0.2) is 0 Å². The molecule has 0 unspecified atom stereocenters. The molecule has 0 radical (unpaired) electrons. The molecule has 0 fully saturated rings. The number of pyridine rings is 1. The Morgan fingerprint density at radius 3 is 3.00 bits per heavy atom. The first-order chi connectivity index (χ1) is 7.34. The summed E-state index contributed by atoms with van der Waals surface area (Å²) in [6.45, 7) is 0. The highest BCUT2D eigenvalue weighted by molar-refractivity contribution is 7.17. The minimum absolute atomic E-state index is 0.525. The molecule has 0 saturated heterocycles. The van der Waals surface area contributed by atoms with Crippen LogP contribution in [-0.2, 0) is 0 Å². The lowest BCUT2D eigenvalue weighted by Crippen LogP contribution is -1.90. The van der Waals surface area contributed by atoms with Gasteiger partial charge in [0.1, 0.15) is 12.1 Å². The molecule has 0 aliphatic heterocycles. The maximum atomic E-state index is 5.59. The topological polar surface area (TPSA) is 56.7 Å². The van der Waals surface area contributed by atoms with E-state index in [2.05, 4.69) is 9.97 Å². The van der Waals surface area contributed by atoms with Gasteiger partial charge < -0.3 is 10.3 Å². The van der Waals surface area contributed by atoms with Gasteiger partial charge in [-0.3, -0.25) is 4.98 Å². The van der Waals surface area contributed by atoms with Crippen molar-refractivity contribution in [2.45, 2.75) is 0 Å². The number of hydrogen-bond donors (Lipinski definition) is 1. The molecule has 3 heterocycles. The van der Waals surface area contributed by atoms with Crippen molar-refractivity contribution >= 4 is 27.4 Å². The number of fused-ring (bicyclic) bond motifs is 1. The van der Waals surface area contributed by atoms with Crippen LogP contribution >= 0.6 is 11.3 Å². The first kappa shape index (κ1) is 8.43. The lowest BCUT2D eigenvalue weighted by atomic mass is 10.3. The van der Waals surface area contributed by atoms with Gasteiger partial charge in [0.05, 0.1) is 22.1 Å². The highest BCUT2D eigenvalue weighted by atomic mass is 32.1. The second-order valence-electron chi connectivity index (χ2n) is 3.17. The van der Waals surface area contributed by atoms with E-state index in [-0.39, 0.29) is 0 Å². The predicted molar refractivity (Wildman–Crippen MR) is 61.2 cm³/mol. The summed E-state index contributed by atoms with van der Waals surface area (Å²) < 4.78 is 3.06. The van der Waals surface area contributed by atoms with E-state index >= 15 is 0 Å². The minimum atomic E-state index is 0.525. The Bertz CT molecular complexity index is 610. The van der Waals surface area contributed by atoms with Crippen LogP contribution in [0.25, 0.3) is 15.9 Å². The molecule has 3 rings (SSSR count). The highest BCUT2D eigenvalue weighted by Crippen LogP contribution is 2.25. The van der Waals surface area contributed by atoms with Crippen molar-refractivity contribution in [1.82, 2.24) is 14.5 Å². The van der Waals surface area contributed by atoms with Gasteiger partial charge in [-0.2, -0.15) is 0 Å². The van der Waals surface area contributed by atoms with E-state index in [9.17, 15) is 0 Å². The monoisotopic (exact) mass is 216 g/mol. The summed E-state index contributed by atoms with van der Waals surface area (Å²) in [6.07, 6.45) is 5.30. The van der Waals surface area contributed by atoms with Crippen LogP contribution in [0.3, 0.4) is 0 Å². The first-order valence-electron chi connectivity index (χ1n) is 4.46. The standard InChI is InChI=1S/C10H8N4S/c11-9-5-14(6-13-9)8-1-3-12-7-2-4-15-10(7)8/h1-6H,11H2. The van der Waals surface area contributed by atoms with Crippen molar-refractivity contribution in [3.8, 4) is 5.69 Å². The third-order valence-corrected chi connectivity index (χ3v) is 3.13. The fourth-order valence-electron chi connectivity index (χ4n) is 1.53. The largest absolute Gasteiger partial charge is 0.382 e. The van der Waals surface area contributed by atoms with Crippen LogP contribution in [0, 0.1) is 0 Å². The van der Waals surface area contributed by atoms with Crippen LogP contribution < -0.4 is 5.73 Å². The number of hydrogen-bond acceptors (Lipinski definition) is 4. The predicted octanol–water partition coefficient (Wildman–Crippen LogP) is 2.06. The maximum absolute atomic E-state index is 5.59. The minimum Gasteiger partial charge on any atom is -0.382 e. The normalized spacial score (nSPS) is 10.9. The van der Waals surface area contributed by atoms with E-state index in [1.807, 2.05) is 22.1 Å². The molecule has 0 amide bonds. The van der Waals surface area contributed by atoms with Crippen LogP contribution in [-0.4, -0.2) is 14.5 Å². The van der Waals surface area contributed by atoms with E-state index in [1.54, 1.807) is 30.1 Å². The lowest BCUT2D eigenvalue weighted by molar-refractivity contribution is 1.07. The van der Waals surface area contributed by atoms with Crippen LogP contribution in [0.4, 0.5) is 5.82 Å². The van der Waals surface area contributed by atoms with Crippen molar-refractivity contribution in [3.63, 3.8) is 0 Å². The van der Waals surface area contributed by atoms with Crippen molar-refractivity contribution in [2.24, 2.45) is 0 Å². The molecular formula is C10H8N4S. The van der Waals surface area contributed by atoms with Crippen molar-refractivity contribution in [2.75, 3.05) is 5.73 Å². The van der Waals surface area contributed by atoms with Gasteiger partial charge in [-0.25, -0.2) is 4.98 Å². The Labute approximate surface area is 90.0 Å². The zero-order valence-electron chi connectivity index (χ0n) is 7.79. The Kier molecular flexibility index (Phi) is 1.72. The summed E-state index contributed by atoms with van der Waals surface area (Å²) in [5.74, 6) is 0.525. The number of nitrogens with two attached hydrogens (primary N) is 1. The molecule has 0 bridgehead atoms. The number of imidazole rings is 1. The maximum Gasteiger partial charge on any atom is 0.141 e. The molecule has 0 saturated carbocycles. The van der Waals surface area contributed by atoms with E-state index in [0.29, 0.717) is 5.82 Å². The van der Waals surface area contributed by atoms with Gasteiger partial charge in [-0.15, -0.1) is 11.3 Å². The van der Waals surface area contributed by atoms with E-state index in [0.717, 1.165) is 15.9 Å². The van der Waals surface area contributed by atoms with Gasteiger partial charge in [0, 0.05) is 6.20 Å². The number of aromatic nitrogens is 3. The molecule has 4 nitrogen and oxygen atoms in total. The van der Waals surface area contributed by atoms with Crippen molar-refractivity contribution < 1.29 is 0 Å². The second kappa shape index (κ2) is 3.06. The highest BCUT2D eigenvalue weighted by Gasteiger charge is 2.05. The first-order valence-corrected chi connectivity index (χ1v) is 5.34. The Morgan fingerprint density at radius 1 is 1.27 bits per heavy atom. The molecule has 15 heavy (non-hydrogen) atoms. The summed E-state index contributed by atoms with van der Waals surface area (Å²) in [5.41, 5.74) is 7.66. The number of nitrogens with zero attached hydrogens (tertiary/aromatic N) is 3. The van der Waals surface area contributed by atoms with E-state index < -0.39 is 0 Å². The summed E-state index contributed by atoms with van der Waals surface area (Å²) in [6, 6.07) is 3.96. The van der Waals surface area contributed by atoms with Gasteiger partial charge >= 0.3 is 0 Å². The molecule has 5 heteroatoms. The molecule has 3 aromatic rings. The number of anilines is 1. The van der Waals surface area contributed by atoms with Crippen LogP contribution in [0.15, 0.2) is 36.2 Å². The zero-order chi connectivity index (χ0) is 10.3. The van der Waals surface area contributed by atoms with Crippen LogP contribution in [0.1, 0.15) is 0 Å². The van der Waals surface area contributed by atoms with Gasteiger partial charge in [-0.1, -0.05) is 0 Å². The van der Waals surface area contributed by atoms with Crippen molar-refractivity contribution in [3.05, 3.63) is 36.2 Å². The third kappa shape index (κ3) is 1.28. The fourth-order valence-corrected chi connectivity index (χ4v) is 2.40. The Morgan fingerprint density at radius 2 is 2.20 bits per heavy atom. The third-order valence-electron chi connectivity index (χ3n) is 2.20. The number of thiophene rings is 1. The average Bonchev–Trinajstić information content (AvgIpc) is 2.84. The lowest BCUT2D eigenvalue weighted by Gasteiger charge is -2.01. The van der Waals surface area contributed by atoms with Crippen LogP contribution in [0.2, 0.25) is 0 Å². The Balaban J connectivity index is 2.30. The number of rotatable bonds is 1. The van der Waals surface area contributed by atoms with Crippen molar-refractivity contribution in [1.29, 1.82) is 0 Å². The molecule has 0 atom stereocenters. The molecule has 0 aliphatic carbocycles. The smallest absolute Gasteiger partial charge is 0.141 e. The second-order valence-corrected chi connectivity index (χ2v) is 4.09. The zero-order valence-corrected chi connectivity index (χ0v) is 8.61. The molecular weight excluding hydrogens is 208 g/mol. The van der Waals surface area contributed by atoms with Gasteiger partial charge in [0.25, 0.3) is 0 Å². The molecule has 3 aromatic heterocycles. The molecule has 2 N–H and O–H groups in total. The summed E-state index contributed by atoms with van der Waals surface area (Å²) in [5, 5.41) is 2.03. The Hall–Kier alpha value is -1.88. The number of nitrogen functional groups attached to an aromatic ring is 1. The molecule has 0 spiro atoms. The molecule has 74 valence electrons. The summed E-state index contributed by atoms with van der Waals surface area (Å²) in [7, 11) is 0.